The number of aliphatic hydroxyl groups is 1. The average Bonchev–Trinajstić information content (AvgIpc) is 2.70. The fraction of sp³-hybridized carbons (Fsp3) is 0.304. The molecule has 0 unspecified atom stereocenters. The Labute approximate surface area is 169 Å². The monoisotopic (exact) mass is 394 g/mol. The van der Waals surface area contributed by atoms with Gasteiger partial charge in [0.15, 0.2) is 0 Å². The second kappa shape index (κ2) is 7.90. The van der Waals surface area contributed by atoms with E-state index in [2.05, 4.69) is 22.4 Å². The molecular weight excluding hydrogens is 372 g/mol. The number of anilines is 1. The van der Waals surface area contributed by atoms with Crippen molar-refractivity contribution in [2.45, 2.75) is 43.6 Å². The minimum atomic E-state index is -0.953. The molecule has 1 saturated carbocycles. The Morgan fingerprint density at radius 1 is 1.11 bits per heavy atom. The van der Waals surface area contributed by atoms with E-state index in [1.54, 1.807) is 24.3 Å². The smallest absolute Gasteiger partial charge is 0.227 e. The quantitative estimate of drug-likeness (QED) is 0.630. The fourth-order valence-electron chi connectivity index (χ4n) is 4.15. The van der Waals surface area contributed by atoms with Crippen molar-refractivity contribution in [2.75, 3.05) is 5.32 Å². The number of rotatable bonds is 4. The maximum absolute atomic E-state index is 12.4. The lowest BCUT2D eigenvalue weighted by atomic mass is 9.74. The highest BCUT2D eigenvalue weighted by atomic mass is 35.5. The third kappa shape index (κ3) is 4.18. The van der Waals surface area contributed by atoms with Crippen molar-refractivity contribution < 1.29 is 9.90 Å². The van der Waals surface area contributed by atoms with Gasteiger partial charge in [-0.25, -0.2) is 0 Å². The summed E-state index contributed by atoms with van der Waals surface area (Å²) < 4.78 is 0. The Morgan fingerprint density at radius 2 is 1.82 bits per heavy atom. The number of carbonyl (C=O) groups excluding carboxylic acids is 1. The second-order valence-electron chi connectivity index (χ2n) is 7.68. The van der Waals surface area contributed by atoms with Gasteiger partial charge in [-0.1, -0.05) is 35.9 Å². The fourth-order valence-corrected chi connectivity index (χ4v) is 4.27. The van der Waals surface area contributed by atoms with E-state index in [0.29, 0.717) is 29.5 Å². The number of benzene rings is 2. The number of pyridine rings is 1. The zero-order chi connectivity index (χ0) is 19.6. The lowest BCUT2D eigenvalue weighted by Crippen LogP contribution is -2.37. The maximum atomic E-state index is 12.4. The number of amides is 1. The zero-order valence-corrected chi connectivity index (χ0v) is 16.3. The van der Waals surface area contributed by atoms with E-state index in [1.165, 1.54) is 10.9 Å². The van der Waals surface area contributed by atoms with Crippen LogP contribution in [0.2, 0.25) is 5.02 Å². The lowest BCUT2D eigenvalue weighted by Gasteiger charge is -2.36. The highest BCUT2D eigenvalue weighted by Gasteiger charge is 2.36. The molecule has 1 aliphatic carbocycles. The predicted octanol–water partition coefficient (Wildman–Crippen LogP) is 5.31. The number of carbonyl (C=O) groups is 1. The largest absolute Gasteiger partial charge is 0.389 e. The van der Waals surface area contributed by atoms with E-state index < -0.39 is 5.60 Å². The molecular formula is C23H23ClN2O2. The molecule has 0 bridgehead atoms. The van der Waals surface area contributed by atoms with Crippen LogP contribution in [0, 0.1) is 0 Å². The minimum absolute atomic E-state index is 0.107. The molecule has 1 aliphatic rings. The highest BCUT2D eigenvalue weighted by molar-refractivity contribution is 6.30. The van der Waals surface area contributed by atoms with Crippen LogP contribution < -0.4 is 5.32 Å². The summed E-state index contributed by atoms with van der Waals surface area (Å²) in [5.41, 5.74) is 0.977. The molecule has 0 spiro atoms. The van der Waals surface area contributed by atoms with Gasteiger partial charge in [-0.05, 0) is 66.8 Å². The molecule has 0 radical (unpaired) electrons. The average molecular weight is 395 g/mol. The van der Waals surface area contributed by atoms with Crippen molar-refractivity contribution in [1.82, 2.24) is 4.98 Å². The van der Waals surface area contributed by atoms with Gasteiger partial charge in [-0.2, -0.15) is 0 Å². The molecule has 2 N–H and O–H groups in total. The predicted molar refractivity (Wildman–Crippen MR) is 113 cm³/mol. The van der Waals surface area contributed by atoms with E-state index in [4.69, 9.17) is 11.6 Å². The van der Waals surface area contributed by atoms with Gasteiger partial charge in [0.2, 0.25) is 5.91 Å². The van der Waals surface area contributed by atoms with Gasteiger partial charge in [0, 0.05) is 28.5 Å². The highest BCUT2D eigenvalue weighted by Crippen LogP contribution is 2.41. The summed E-state index contributed by atoms with van der Waals surface area (Å²) in [7, 11) is 0. The zero-order valence-electron chi connectivity index (χ0n) is 15.6. The standard InChI is InChI=1S/C23H23ClN2O2/c24-18-5-7-19(8-6-18)26-22(27)13-23(28)11-9-16(10-12-23)21-15-25-14-17-3-1-2-4-20(17)21/h1-8,14-16,28H,9-13H2,(H,26,27). The molecule has 144 valence electrons. The van der Waals surface area contributed by atoms with Gasteiger partial charge in [0.1, 0.15) is 0 Å². The summed E-state index contributed by atoms with van der Waals surface area (Å²) in [4.78, 5) is 16.8. The third-order valence-corrected chi connectivity index (χ3v) is 5.92. The van der Waals surface area contributed by atoms with Crippen LogP contribution in [0.25, 0.3) is 10.8 Å². The Morgan fingerprint density at radius 3 is 2.57 bits per heavy atom. The van der Waals surface area contributed by atoms with Crippen LogP contribution in [0.15, 0.2) is 60.9 Å². The van der Waals surface area contributed by atoms with Crippen molar-refractivity contribution in [1.29, 1.82) is 0 Å². The van der Waals surface area contributed by atoms with Crippen molar-refractivity contribution in [3.63, 3.8) is 0 Å². The van der Waals surface area contributed by atoms with Gasteiger partial charge >= 0.3 is 0 Å². The number of aromatic nitrogens is 1. The number of halogens is 1. The molecule has 28 heavy (non-hydrogen) atoms. The Bertz CT molecular complexity index is 974. The Kier molecular flexibility index (Phi) is 5.33. The first-order valence-electron chi connectivity index (χ1n) is 9.63. The summed E-state index contributed by atoms with van der Waals surface area (Å²) in [5, 5.41) is 16.8. The SMILES string of the molecule is O=C(CC1(O)CCC(c2cncc3ccccc23)CC1)Nc1ccc(Cl)cc1. The number of hydrogen-bond donors (Lipinski definition) is 2. The molecule has 1 heterocycles. The van der Waals surface area contributed by atoms with Crippen LogP contribution >= 0.6 is 11.6 Å². The van der Waals surface area contributed by atoms with Crippen LogP contribution in [0.4, 0.5) is 5.69 Å². The summed E-state index contributed by atoms with van der Waals surface area (Å²) in [6, 6.07) is 15.3. The van der Waals surface area contributed by atoms with Crippen molar-refractivity contribution in [3.05, 3.63) is 71.5 Å². The maximum Gasteiger partial charge on any atom is 0.227 e. The summed E-state index contributed by atoms with van der Waals surface area (Å²) in [6.07, 6.45) is 6.85. The van der Waals surface area contributed by atoms with E-state index in [9.17, 15) is 9.90 Å². The number of hydrogen-bond acceptors (Lipinski definition) is 3. The number of nitrogens with one attached hydrogen (secondary N) is 1. The molecule has 3 aromatic rings. The van der Waals surface area contributed by atoms with Crippen molar-refractivity contribution in [3.8, 4) is 0 Å². The van der Waals surface area contributed by atoms with E-state index in [1.807, 2.05) is 24.5 Å². The summed E-state index contributed by atoms with van der Waals surface area (Å²) in [5.74, 6) is 0.188. The Balaban J connectivity index is 1.39. The first kappa shape index (κ1) is 18.9. The van der Waals surface area contributed by atoms with Crippen LogP contribution in [0.5, 0.6) is 0 Å². The number of nitrogens with zero attached hydrogens (tertiary/aromatic N) is 1. The Hall–Kier alpha value is -2.43. The van der Waals surface area contributed by atoms with E-state index in [0.717, 1.165) is 18.2 Å². The van der Waals surface area contributed by atoms with Crippen LogP contribution in [0.1, 0.15) is 43.6 Å². The van der Waals surface area contributed by atoms with Gasteiger partial charge in [-0.15, -0.1) is 0 Å². The van der Waals surface area contributed by atoms with Crippen LogP contribution in [0.3, 0.4) is 0 Å². The number of fused-ring (bicyclic) bond motifs is 1. The first-order valence-corrected chi connectivity index (χ1v) is 10.0. The van der Waals surface area contributed by atoms with E-state index in [-0.39, 0.29) is 12.3 Å². The van der Waals surface area contributed by atoms with Gasteiger partial charge in [0.25, 0.3) is 0 Å². The molecule has 0 atom stereocenters. The third-order valence-electron chi connectivity index (χ3n) is 5.67. The van der Waals surface area contributed by atoms with E-state index >= 15 is 0 Å². The summed E-state index contributed by atoms with van der Waals surface area (Å²) >= 11 is 5.87. The topological polar surface area (TPSA) is 62.2 Å². The van der Waals surface area contributed by atoms with Gasteiger partial charge in [0.05, 0.1) is 12.0 Å². The van der Waals surface area contributed by atoms with Gasteiger partial charge in [-0.3, -0.25) is 9.78 Å². The molecule has 2 aromatic carbocycles. The van der Waals surface area contributed by atoms with Crippen LogP contribution in [-0.4, -0.2) is 21.6 Å². The van der Waals surface area contributed by atoms with Crippen LogP contribution in [-0.2, 0) is 4.79 Å². The summed E-state index contributed by atoms with van der Waals surface area (Å²) in [6.45, 7) is 0. The molecule has 0 aliphatic heterocycles. The normalized spacial score (nSPS) is 22.1. The molecule has 4 nitrogen and oxygen atoms in total. The lowest BCUT2D eigenvalue weighted by molar-refractivity contribution is -0.122. The van der Waals surface area contributed by atoms with Crippen molar-refractivity contribution in [2.24, 2.45) is 0 Å². The molecule has 1 aromatic heterocycles. The van der Waals surface area contributed by atoms with Crippen molar-refractivity contribution >= 4 is 34.0 Å². The molecule has 0 saturated heterocycles. The molecule has 1 amide bonds. The second-order valence-corrected chi connectivity index (χ2v) is 8.12. The molecule has 1 fully saturated rings. The molecule has 4 rings (SSSR count). The van der Waals surface area contributed by atoms with Gasteiger partial charge < -0.3 is 10.4 Å². The first-order chi connectivity index (χ1) is 13.5. The minimum Gasteiger partial charge on any atom is -0.389 e. The molecule has 5 heteroatoms.